The number of methoxy groups -OCH3 is 2. The summed E-state index contributed by atoms with van der Waals surface area (Å²) < 4.78 is 10.4. The Morgan fingerprint density at radius 2 is 1.89 bits per heavy atom. The lowest BCUT2D eigenvalue weighted by atomic mass is 9.98. The van der Waals surface area contributed by atoms with Gasteiger partial charge in [0.1, 0.15) is 0 Å². The van der Waals surface area contributed by atoms with Gasteiger partial charge < -0.3 is 15.2 Å². The molecule has 0 spiro atoms. The van der Waals surface area contributed by atoms with Crippen LogP contribution in [0.3, 0.4) is 0 Å². The summed E-state index contributed by atoms with van der Waals surface area (Å²) in [5.41, 5.74) is 7.63. The third-order valence-electron chi connectivity index (χ3n) is 3.32. The van der Waals surface area contributed by atoms with Crippen molar-refractivity contribution < 1.29 is 9.47 Å². The average molecular weight is 286 g/mol. The van der Waals surface area contributed by atoms with Gasteiger partial charge in [0.25, 0.3) is 0 Å². The fraction of sp³-hybridized carbons (Fsp3) is 0.714. The lowest BCUT2D eigenvalue weighted by Crippen LogP contribution is -2.43. The minimum Gasteiger partial charge on any atom is -0.383 e. The van der Waals surface area contributed by atoms with Gasteiger partial charge in [-0.2, -0.15) is 11.3 Å². The Morgan fingerprint density at radius 3 is 2.32 bits per heavy atom. The van der Waals surface area contributed by atoms with Crippen molar-refractivity contribution >= 4 is 11.3 Å². The SMILES string of the molecule is CCC(N)C(c1ccsc1)N(CCOC)CCOC. The lowest BCUT2D eigenvalue weighted by molar-refractivity contribution is 0.0777. The molecule has 1 heterocycles. The molecule has 1 rings (SSSR count). The molecule has 2 unspecified atom stereocenters. The second kappa shape index (κ2) is 9.44. The summed E-state index contributed by atoms with van der Waals surface area (Å²) >= 11 is 1.72. The number of nitrogens with zero attached hydrogens (tertiary/aromatic N) is 1. The molecule has 0 aliphatic heterocycles. The van der Waals surface area contributed by atoms with Gasteiger partial charge in [0.15, 0.2) is 0 Å². The van der Waals surface area contributed by atoms with E-state index in [-0.39, 0.29) is 12.1 Å². The number of nitrogens with two attached hydrogens (primary N) is 1. The summed E-state index contributed by atoms with van der Waals surface area (Å²) in [5.74, 6) is 0. The van der Waals surface area contributed by atoms with Crippen LogP contribution in [-0.4, -0.2) is 51.5 Å². The quantitative estimate of drug-likeness (QED) is 0.716. The Morgan fingerprint density at radius 1 is 1.26 bits per heavy atom. The Kier molecular flexibility index (Phi) is 8.25. The molecular weight excluding hydrogens is 260 g/mol. The first-order valence-electron chi connectivity index (χ1n) is 6.74. The highest BCUT2D eigenvalue weighted by Crippen LogP contribution is 2.26. The van der Waals surface area contributed by atoms with Gasteiger partial charge in [0.2, 0.25) is 0 Å². The summed E-state index contributed by atoms with van der Waals surface area (Å²) in [7, 11) is 3.46. The van der Waals surface area contributed by atoms with E-state index >= 15 is 0 Å². The van der Waals surface area contributed by atoms with E-state index in [1.54, 1.807) is 25.6 Å². The fourth-order valence-electron chi connectivity index (χ4n) is 2.20. The third-order valence-corrected chi connectivity index (χ3v) is 4.02. The largest absolute Gasteiger partial charge is 0.383 e. The first-order chi connectivity index (χ1) is 9.24. The molecule has 1 aromatic heterocycles. The molecule has 0 saturated heterocycles. The molecule has 0 saturated carbocycles. The molecule has 2 N–H and O–H groups in total. The summed E-state index contributed by atoms with van der Waals surface area (Å²) in [5, 5.41) is 4.29. The zero-order valence-corrected chi connectivity index (χ0v) is 13.0. The molecule has 110 valence electrons. The van der Waals surface area contributed by atoms with Crippen LogP contribution >= 0.6 is 11.3 Å². The van der Waals surface area contributed by atoms with Gasteiger partial charge in [-0.05, 0) is 28.8 Å². The van der Waals surface area contributed by atoms with Crippen molar-refractivity contribution in [2.45, 2.75) is 25.4 Å². The molecule has 0 aliphatic rings. The van der Waals surface area contributed by atoms with Crippen molar-refractivity contribution in [1.82, 2.24) is 4.90 Å². The van der Waals surface area contributed by atoms with Crippen LogP contribution < -0.4 is 5.73 Å². The summed E-state index contributed by atoms with van der Waals surface area (Å²) in [6, 6.07) is 2.53. The zero-order valence-electron chi connectivity index (χ0n) is 12.2. The first-order valence-corrected chi connectivity index (χ1v) is 7.68. The van der Waals surface area contributed by atoms with Gasteiger partial charge >= 0.3 is 0 Å². The zero-order chi connectivity index (χ0) is 14.1. The second-order valence-corrected chi connectivity index (χ2v) is 5.38. The molecule has 0 fully saturated rings. The lowest BCUT2D eigenvalue weighted by Gasteiger charge is -2.34. The van der Waals surface area contributed by atoms with Crippen molar-refractivity contribution in [3.8, 4) is 0 Å². The molecule has 0 aliphatic carbocycles. The standard InChI is InChI=1S/C14H26N2O2S/c1-4-13(15)14(12-5-10-19-11-12)16(6-8-17-2)7-9-18-3/h5,10-11,13-14H,4,6-9,15H2,1-3H3. The highest BCUT2D eigenvalue weighted by atomic mass is 32.1. The van der Waals surface area contributed by atoms with E-state index in [1.807, 2.05) is 0 Å². The molecule has 0 bridgehead atoms. The number of thiophene rings is 1. The van der Waals surface area contributed by atoms with Gasteiger partial charge in [-0.15, -0.1) is 0 Å². The van der Waals surface area contributed by atoms with Crippen molar-refractivity contribution in [2.75, 3.05) is 40.5 Å². The fourth-order valence-corrected chi connectivity index (χ4v) is 2.89. The topological polar surface area (TPSA) is 47.7 Å². The Balaban J connectivity index is 2.82. The number of ether oxygens (including phenoxy) is 2. The highest BCUT2D eigenvalue weighted by Gasteiger charge is 2.25. The van der Waals surface area contributed by atoms with Gasteiger partial charge in [-0.3, -0.25) is 4.90 Å². The van der Waals surface area contributed by atoms with Crippen LogP contribution in [0.1, 0.15) is 24.9 Å². The van der Waals surface area contributed by atoms with E-state index in [1.165, 1.54) is 5.56 Å². The van der Waals surface area contributed by atoms with E-state index in [9.17, 15) is 0 Å². The van der Waals surface area contributed by atoms with Gasteiger partial charge in [0, 0.05) is 33.4 Å². The second-order valence-electron chi connectivity index (χ2n) is 4.60. The van der Waals surface area contributed by atoms with E-state index in [0.717, 1.165) is 19.5 Å². The summed E-state index contributed by atoms with van der Waals surface area (Å²) in [6.07, 6.45) is 0.955. The van der Waals surface area contributed by atoms with Crippen molar-refractivity contribution in [3.63, 3.8) is 0 Å². The molecule has 0 amide bonds. The molecule has 4 nitrogen and oxygen atoms in total. The van der Waals surface area contributed by atoms with E-state index in [4.69, 9.17) is 15.2 Å². The molecule has 1 aromatic rings. The molecule has 2 atom stereocenters. The van der Waals surface area contributed by atoms with Crippen LogP contribution in [0, 0.1) is 0 Å². The minimum atomic E-state index is 0.128. The van der Waals surface area contributed by atoms with E-state index in [2.05, 4.69) is 28.7 Å². The maximum atomic E-state index is 6.33. The Bertz CT molecular complexity index is 311. The molecule has 0 aromatic carbocycles. The molecule has 19 heavy (non-hydrogen) atoms. The van der Waals surface area contributed by atoms with Crippen molar-refractivity contribution in [1.29, 1.82) is 0 Å². The molecule has 0 radical (unpaired) electrons. The van der Waals surface area contributed by atoms with Crippen LogP contribution in [0.15, 0.2) is 16.8 Å². The number of hydrogen-bond acceptors (Lipinski definition) is 5. The molecule has 5 heteroatoms. The normalized spacial score (nSPS) is 14.8. The van der Waals surface area contributed by atoms with Crippen LogP contribution in [0.25, 0.3) is 0 Å². The minimum absolute atomic E-state index is 0.128. The predicted molar refractivity (Wildman–Crippen MR) is 80.7 cm³/mol. The van der Waals surface area contributed by atoms with Crippen LogP contribution in [-0.2, 0) is 9.47 Å². The van der Waals surface area contributed by atoms with Crippen molar-refractivity contribution in [3.05, 3.63) is 22.4 Å². The number of hydrogen-bond donors (Lipinski definition) is 1. The summed E-state index contributed by atoms with van der Waals surface area (Å²) in [4.78, 5) is 2.36. The highest BCUT2D eigenvalue weighted by molar-refractivity contribution is 7.07. The van der Waals surface area contributed by atoms with Crippen LogP contribution in [0.5, 0.6) is 0 Å². The average Bonchev–Trinajstić information content (AvgIpc) is 2.94. The van der Waals surface area contributed by atoms with Crippen LogP contribution in [0.2, 0.25) is 0 Å². The van der Waals surface area contributed by atoms with Crippen LogP contribution in [0.4, 0.5) is 0 Å². The van der Waals surface area contributed by atoms with Gasteiger partial charge in [-0.25, -0.2) is 0 Å². The Hall–Kier alpha value is -0.460. The summed E-state index contributed by atoms with van der Waals surface area (Å²) in [6.45, 7) is 5.29. The maximum Gasteiger partial charge on any atom is 0.0589 e. The predicted octanol–water partition coefficient (Wildman–Crippen LogP) is 2.12. The van der Waals surface area contributed by atoms with E-state index in [0.29, 0.717) is 13.2 Å². The monoisotopic (exact) mass is 286 g/mol. The van der Waals surface area contributed by atoms with Gasteiger partial charge in [-0.1, -0.05) is 6.92 Å². The third kappa shape index (κ3) is 5.20. The van der Waals surface area contributed by atoms with Gasteiger partial charge in [0.05, 0.1) is 19.3 Å². The molecular formula is C14H26N2O2S. The smallest absolute Gasteiger partial charge is 0.0589 e. The van der Waals surface area contributed by atoms with E-state index < -0.39 is 0 Å². The maximum absolute atomic E-state index is 6.33. The first kappa shape index (κ1) is 16.6. The number of rotatable bonds is 10. The Labute approximate surface area is 120 Å². The van der Waals surface area contributed by atoms with Crippen molar-refractivity contribution in [2.24, 2.45) is 5.73 Å².